The summed E-state index contributed by atoms with van der Waals surface area (Å²) in [5, 5.41) is 7.80. The van der Waals surface area contributed by atoms with Gasteiger partial charge in [0.05, 0.1) is 38.2 Å². The third-order valence-corrected chi connectivity index (χ3v) is 14.8. The number of carbonyl (C=O) groups is 4. The third-order valence-electron chi connectivity index (χ3n) is 14.8. The number of ether oxygens (including phenoxy) is 2. The largest absolute Gasteiger partial charge is 0.453 e. The standard InChI is InChI=1S/C52H63N7O6/c1-30(2)45(56-50(62)64-5)48(60)58-25-9-11-42(58)40-20-19-39(54-40)37-18-17-36(44-38(37)21-24-52(44)22-7-8-23-52)34-15-13-33-28-35(16-14-32(33)27-34)41-29-53-47(55-41)43-12-10-26-59(43)49(61)46(31(3)4)57-51(63)65-6/h13-20,27-31,42-43,45-46,54H,7-12,21-26H2,1-6H3,(H,53,55)(H,56,62)(H,57,63)/t42-,43-,45-,46-/m0/s1. The number of amides is 4. The average molecular weight is 882 g/mol. The number of methoxy groups -OCH3 is 2. The summed E-state index contributed by atoms with van der Waals surface area (Å²) in [6, 6.07) is 20.7. The number of fused-ring (bicyclic) bond motifs is 3. The molecule has 65 heavy (non-hydrogen) atoms. The Labute approximate surface area is 381 Å². The van der Waals surface area contributed by atoms with E-state index in [0.29, 0.717) is 13.1 Å². The lowest BCUT2D eigenvalue weighted by molar-refractivity contribution is -0.136. The first-order chi connectivity index (χ1) is 31.4. The van der Waals surface area contributed by atoms with Crippen molar-refractivity contribution in [3.05, 3.63) is 89.5 Å². The van der Waals surface area contributed by atoms with Gasteiger partial charge in [0.1, 0.15) is 17.9 Å². The van der Waals surface area contributed by atoms with E-state index in [-0.39, 0.29) is 41.1 Å². The van der Waals surface area contributed by atoms with Gasteiger partial charge < -0.3 is 39.9 Å². The molecule has 0 radical (unpaired) electrons. The Kier molecular flexibility index (Phi) is 12.2. The number of aromatic amines is 2. The number of alkyl carbamates (subject to hydrolysis) is 2. The molecule has 2 aliphatic carbocycles. The number of benzene rings is 3. The van der Waals surface area contributed by atoms with Crippen LogP contribution in [0.1, 0.15) is 120 Å². The first kappa shape index (κ1) is 44.1. The molecule has 1 spiro atoms. The first-order valence-corrected chi connectivity index (χ1v) is 23.6. The quantitative estimate of drug-likeness (QED) is 0.103. The zero-order valence-corrected chi connectivity index (χ0v) is 38.6. The van der Waals surface area contributed by atoms with Crippen molar-refractivity contribution in [2.45, 2.75) is 121 Å². The van der Waals surface area contributed by atoms with E-state index in [0.717, 1.165) is 72.4 Å². The molecule has 13 nitrogen and oxygen atoms in total. The smallest absolute Gasteiger partial charge is 0.407 e. The van der Waals surface area contributed by atoms with Crippen molar-refractivity contribution in [2.24, 2.45) is 11.8 Å². The number of hydrogen-bond donors (Lipinski definition) is 4. The Morgan fingerprint density at radius 2 is 1.26 bits per heavy atom. The monoisotopic (exact) mass is 881 g/mol. The van der Waals surface area contributed by atoms with Gasteiger partial charge in [-0.25, -0.2) is 14.6 Å². The van der Waals surface area contributed by atoms with Gasteiger partial charge in [-0.15, -0.1) is 0 Å². The highest BCUT2D eigenvalue weighted by Crippen LogP contribution is 2.55. The number of imidazole rings is 1. The van der Waals surface area contributed by atoms with Crippen LogP contribution in [0.3, 0.4) is 0 Å². The van der Waals surface area contributed by atoms with Crippen molar-refractivity contribution in [1.29, 1.82) is 0 Å². The van der Waals surface area contributed by atoms with Gasteiger partial charge in [0.25, 0.3) is 0 Å². The molecule has 9 rings (SSSR count). The number of H-pyrrole nitrogens is 2. The fraction of sp³-hybridized carbons (Fsp3) is 0.481. The fourth-order valence-electron chi connectivity index (χ4n) is 11.5. The summed E-state index contributed by atoms with van der Waals surface area (Å²) in [7, 11) is 2.62. The van der Waals surface area contributed by atoms with Crippen molar-refractivity contribution in [3.8, 4) is 33.6 Å². The van der Waals surface area contributed by atoms with Crippen LogP contribution < -0.4 is 10.6 Å². The predicted molar refractivity (Wildman–Crippen MR) is 251 cm³/mol. The Hall–Kier alpha value is -6.11. The minimum Gasteiger partial charge on any atom is -0.453 e. The van der Waals surface area contributed by atoms with Gasteiger partial charge in [-0.2, -0.15) is 0 Å². The number of nitrogens with one attached hydrogen (secondary N) is 4. The molecule has 2 aliphatic heterocycles. The topological polar surface area (TPSA) is 162 Å². The number of carbonyl (C=O) groups excluding carboxylic acids is 4. The molecule has 3 aromatic carbocycles. The predicted octanol–water partition coefficient (Wildman–Crippen LogP) is 9.74. The zero-order valence-electron chi connectivity index (χ0n) is 38.6. The summed E-state index contributed by atoms with van der Waals surface area (Å²) in [6.45, 7) is 8.98. The molecule has 2 saturated heterocycles. The maximum atomic E-state index is 13.9. The molecule has 4 atom stereocenters. The van der Waals surface area contributed by atoms with E-state index < -0.39 is 24.3 Å². The van der Waals surface area contributed by atoms with E-state index in [1.165, 1.54) is 73.1 Å². The zero-order chi connectivity index (χ0) is 45.6. The van der Waals surface area contributed by atoms with Gasteiger partial charge in [0.2, 0.25) is 11.8 Å². The molecule has 4 amide bonds. The molecule has 4 heterocycles. The van der Waals surface area contributed by atoms with Gasteiger partial charge in [0, 0.05) is 35.6 Å². The lowest BCUT2D eigenvalue weighted by atomic mass is 9.76. The highest BCUT2D eigenvalue weighted by atomic mass is 16.5. The Morgan fingerprint density at radius 3 is 1.89 bits per heavy atom. The van der Waals surface area contributed by atoms with Crippen LogP contribution in [0.4, 0.5) is 9.59 Å². The molecule has 4 N–H and O–H groups in total. The number of aromatic nitrogens is 3. The van der Waals surface area contributed by atoms with E-state index in [1.807, 2.05) is 43.7 Å². The van der Waals surface area contributed by atoms with E-state index >= 15 is 0 Å². The minimum absolute atomic E-state index is 0.0756. The molecular formula is C52H63N7O6. The summed E-state index contributed by atoms with van der Waals surface area (Å²) < 4.78 is 9.65. The van der Waals surface area contributed by atoms with E-state index in [1.54, 1.807) is 0 Å². The molecule has 3 fully saturated rings. The van der Waals surface area contributed by atoms with Crippen LogP contribution >= 0.6 is 0 Å². The number of rotatable bonds is 11. The first-order valence-electron chi connectivity index (χ1n) is 23.6. The van der Waals surface area contributed by atoms with Crippen LogP contribution in [0.15, 0.2) is 66.9 Å². The Balaban J connectivity index is 0.975. The third kappa shape index (κ3) is 8.27. The van der Waals surface area contributed by atoms with Gasteiger partial charge >= 0.3 is 12.2 Å². The van der Waals surface area contributed by atoms with Gasteiger partial charge in [-0.05, 0) is 126 Å². The lowest BCUT2D eigenvalue weighted by Gasteiger charge is -2.30. The van der Waals surface area contributed by atoms with Crippen molar-refractivity contribution in [3.63, 3.8) is 0 Å². The van der Waals surface area contributed by atoms with Gasteiger partial charge in [0.15, 0.2) is 0 Å². The van der Waals surface area contributed by atoms with Crippen molar-refractivity contribution >= 4 is 34.8 Å². The molecular weight excluding hydrogens is 819 g/mol. The van der Waals surface area contributed by atoms with Crippen LogP contribution in [-0.4, -0.2) is 88.1 Å². The van der Waals surface area contributed by atoms with Crippen LogP contribution in [-0.2, 0) is 30.9 Å². The van der Waals surface area contributed by atoms with Crippen molar-refractivity contribution < 1.29 is 28.7 Å². The Morgan fingerprint density at radius 1 is 0.677 bits per heavy atom. The van der Waals surface area contributed by atoms with Crippen LogP contribution in [0.5, 0.6) is 0 Å². The second-order valence-electron chi connectivity index (χ2n) is 19.4. The number of likely N-dealkylation sites (tertiary alicyclic amines) is 2. The summed E-state index contributed by atoms with van der Waals surface area (Å²) in [5.74, 6) is 0.358. The second kappa shape index (κ2) is 18.0. The highest BCUT2D eigenvalue weighted by Gasteiger charge is 2.44. The summed E-state index contributed by atoms with van der Waals surface area (Å²) >= 11 is 0. The molecule has 13 heteroatoms. The van der Waals surface area contributed by atoms with Crippen molar-refractivity contribution in [2.75, 3.05) is 27.3 Å². The van der Waals surface area contributed by atoms with Crippen LogP contribution in [0.2, 0.25) is 0 Å². The van der Waals surface area contributed by atoms with E-state index in [9.17, 15) is 19.2 Å². The Bertz CT molecular complexity index is 2600. The molecule has 2 aromatic heterocycles. The highest BCUT2D eigenvalue weighted by molar-refractivity contribution is 5.92. The summed E-state index contributed by atoms with van der Waals surface area (Å²) in [4.78, 5) is 67.7. The van der Waals surface area contributed by atoms with Gasteiger partial charge in [-0.3, -0.25) is 9.59 Å². The van der Waals surface area contributed by atoms with Crippen molar-refractivity contribution in [1.82, 2.24) is 35.4 Å². The molecule has 1 saturated carbocycles. The molecule has 5 aromatic rings. The molecule has 0 unspecified atom stereocenters. The van der Waals surface area contributed by atoms with E-state index in [2.05, 4.69) is 81.3 Å². The normalized spacial score (nSPS) is 19.9. The van der Waals surface area contributed by atoms with Gasteiger partial charge in [-0.1, -0.05) is 76.9 Å². The maximum absolute atomic E-state index is 13.9. The maximum Gasteiger partial charge on any atom is 0.407 e. The summed E-state index contributed by atoms with van der Waals surface area (Å²) in [6.07, 6.45) is 11.2. The SMILES string of the molecule is COC(=O)N[C@H](C(=O)N1CCC[C@H]1c1ccc(-c2ccc(-c3ccc4cc(-c5cnc([C@@H]6CCCN6C(=O)[C@@H](NC(=O)OC)C(C)C)[nH]5)ccc4c3)c3c2CCC32CCCC2)[nH]1)C(C)C. The van der Waals surface area contributed by atoms with Crippen LogP contribution in [0.25, 0.3) is 44.4 Å². The molecule has 342 valence electrons. The average Bonchev–Trinajstić information content (AvgIpc) is 4.18. The number of hydrogen-bond acceptors (Lipinski definition) is 7. The summed E-state index contributed by atoms with van der Waals surface area (Å²) in [5.41, 5.74) is 10.9. The number of nitrogens with zero attached hydrogens (tertiary/aromatic N) is 3. The fourth-order valence-corrected chi connectivity index (χ4v) is 11.5. The minimum atomic E-state index is -0.686. The molecule has 0 bridgehead atoms. The van der Waals surface area contributed by atoms with Crippen LogP contribution in [0, 0.1) is 11.8 Å². The second-order valence-corrected chi connectivity index (χ2v) is 19.4. The lowest BCUT2D eigenvalue weighted by Crippen LogP contribution is -2.51. The molecule has 4 aliphatic rings. The van der Waals surface area contributed by atoms with E-state index in [4.69, 9.17) is 14.5 Å².